The number of hydrogen-bond donors (Lipinski definition) is 1. The number of pyridine rings is 1. The maximum absolute atomic E-state index is 12.4. The smallest absolute Gasteiger partial charge is 0.227 e. The van der Waals surface area contributed by atoms with Crippen molar-refractivity contribution in [1.82, 2.24) is 9.88 Å². The molecule has 1 aliphatic heterocycles. The summed E-state index contributed by atoms with van der Waals surface area (Å²) in [7, 11) is 0. The van der Waals surface area contributed by atoms with Crippen LogP contribution in [0, 0.1) is 0 Å². The third-order valence-corrected chi connectivity index (χ3v) is 4.41. The van der Waals surface area contributed by atoms with Gasteiger partial charge in [-0.2, -0.15) is 0 Å². The van der Waals surface area contributed by atoms with Crippen molar-refractivity contribution >= 4 is 29.2 Å². The topological polar surface area (TPSA) is 62.3 Å². The van der Waals surface area contributed by atoms with Crippen molar-refractivity contribution in [2.24, 2.45) is 0 Å². The second-order valence-corrected chi connectivity index (χ2v) is 6.23. The van der Waals surface area contributed by atoms with Crippen LogP contribution in [0.2, 0.25) is 5.02 Å². The highest BCUT2D eigenvalue weighted by molar-refractivity contribution is 6.30. The first-order valence-corrected chi connectivity index (χ1v) is 8.19. The van der Waals surface area contributed by atoms with Gasteiger partial charge in [-0.25, -0.2) is 4.98 Å². The lowest BCUT2D eigenvalue weighted by Crippen LogP contribution is -2.40. The zero-order chi connectivity index (χ0) is 17.1. The first-order valence-electron chi connectivity index (χ1n) is 7.81. The molecule has 0 saturated carbocycles. The Kier molecular flexibility index (Phi) is 4.81. The highest BCUT2D eigenvalue weighted by Crippen LogP contribution is 2.32. The maximum atomic E-state index is 12.4. The molecule has 2 heterocycles. The minimum Gasteiger partial charge on any atom is -0.335 e. The second-order valence-electron chi connectivity index (χ2n) is 5.79. The molecule has 1 N–H and O–H groups in total. The summed E-state index contributed by atoms with van der Waals surface area (Å²) in [4.78, 5) is 30.2. The van der Waals surface area contributed by atoms with E-state index in [4.69, 9.17) is 11.6 Å². The molecule has 5 nitrogen and oxygen atoms in total. The molecule has 2 aromatic rings. The van der Waals surface area contributed by atoms with Crippen molar-refractivity contribution in [3.05, 3.63) is 58.7 Å². The summed E-state index contributed by atoms with van der Waals surface area (Å²) in [5.41, 5.74) is 2.23. The van der Waals surface area contributed by atoms with E-state index in [-0.39, 0.29) is 24.3 Å². The number of nitrogens with zero attached hydrogens (tertiary/aromatic N) is 2. The molecule has 124 valence electrons. The molecule has 6 heteroatoms. The van der Waals surface area contributed by atoms with Gasteiger partial charge >= 0.3 is 0 Å². The van der Waals surface area contributed by atoms with E-state index in [1.807, 2.05) is 18.2 Å². The molecule has 0 spiro atoms. The Balaban J connectivity index is 1.79. The number of rotatable bonds is 3. The van der Waals surface area contributed by atoms with Gasteiger partial charge in [0.1, 0.15) is 5.82 Å². The van der Waals surface area contributed by atoms with Crippen LogP contribution in [-0.2, 0) is 16.0 Å². The zero-order valence-corrected chi connectivity index (χ0v) is 14.1. The van der Waals surface area contributed by atoms with Gasteiger partial charge in [-0.15, -0.1) is 0 Å². The first kappa shape index (κ1) is 16.5. The molecule has 0 saturated heterocycles. The van der Waals surface area contributed by atoms with Gasteiger partial charge in [0, 0.05) is 19.7 Å². The minimum absolute atomic E-state index is 0.0214. The molecule has 1 aromatic carbocycles. The Labute approximate surface area is 145 Å². The van der Waals surface area contributed by atoms with E-state index >= 15 is 0 Å². The normalized spacial score (nSPS) is 16.4. The minimum atomic E-state index is -0.250. The Morgan fingerprint density at radius 3 is 2.79 bits per heavy atom. The molecule has 0 bridgehead atoms. The predicted molar refractivity (Wildman–Crippen MR) is 92.8 cm³/mol. The quantitative estimate of drug-likeness (QED) is 0.930. The fourth-order valence-corrected chi connectivity index (χ4v) is 3.18. The third-order valence-electron chi connectivity index (χ3n) is 4.19. The SMILES string of the molecule is CC(=O)N1CCc2ccccc2C1CC(=O)Nc1ccc(Cl)cn1. The number of halogens is 1. The van der Waals surface area contributed by atoms with Gasteiger partial charge in [0.05, 0.1) is 17.5 Å². The summed E-state index contributed by atoms with van der Waals surface area (Å²) in [5.74, 6) is 0.243. The lowest BCUT2D eigenvalue weighted by atomic mass is 9.90. The van der Waals surface area contributed by atoms with Gasteiger partial charge in [-0.1, -0.05) is 35.9 Å². The Hall–Kier alpha value is -2.40. The number of carbonyl (C=O) groups is 2. The monoisotopic (exact) mass is 343 g/mol. The highest BCUT2D eigenvalue weighted by atomic mass is 35.5. The highest BCUT2D eigenvalue weighted by Gasteiger charge is 2.30. The Bertz CT molecular complexity index is 761. The van der Waals surface area contributed by atoms with Crippen LogP contribution >= 0.6 is 11.6 Å². The molecular formula is C18H18ClN3O2. The number of nitrogens with one attached hydrogen (secondary N) is 1. The van der Waals surface area contributed by atoms with Crippen LogP contribution in [0.25, 0.3) is 0 Å². The number of fused-ring (bicyclic) bond motifs is 1. The van der Waals surface area contributed by atoms with Crippen molar-refractivity contribution in [2.75, 3.05) is 11.9 Å². The average Bonchev–Trinajstić information content (AvgIpc) is 2.57. The largest absolute Gasteiger partial charge is 0.335 e. The van der Waals surface area contributed by atoms with Crippen LogP contribution in [0.5, 0.6) is 0 Å². The van der Waals surface area contributed by atoms with Crippen LogP contribution in [-0.4, -0.2) is 28.2 Å². The summed E-state index contributed by atoms with van der Waals surface area (Å²) >= 11 is 5.79. The van der Waals surface area contributed by atoms with E-state index < -0.39 is 0 Å². The van der Waals surface area contributed by atoms with Crippen molar-refractivity contribution in [2.45, 2.75) is 25.8 Å². The predicted octanol–water partition coefficient (Wildman–Crippen LogP) is 3.21. The van der Waals surface area contributed by atoms with E-state index in [0.717, 1.165) is 12.0 Å². The summed E-state index contributed by atoms with van der Waals surface area (Å²) in [6.45, 7) is 2.17. The van der Waals surface area contributed by atoms with Crippen LogP contribution in [0.4, 0.5) is 5.82 Å². The molecule has 1 unspecified atom stereocenters. The fourth-order valence-electron chi connectivity index (χ4n) is 3.07. The van der Waals surface area contributed by atoms with Gasteiger partial charge in [0.2, 0.25) is 11.8 Å². The number of carbonyl (C=O) groups excluding carboxylic acids is 2. The molecule has 0 fully saturated rings. The number of benzene rings is 1. The average molecular weight is 344 g/mol. The van der Waals surface area contributed by atoms with Crippen molar-refractivity contribution < 1.29 is 9.59 Å². The standard InChI is InChI=1S/C18H18ClN3O2/c1-12(23)22-9-8-13-4-2-3-5-15(13)16(22)10-18(24)21-17-7-6-14(19)11-20-17/h2-7,11,16H,8-10H2,1H3,(H,20,21,24). The lowest BCUT2D eigenvalue weighted by Gasteiger charge is -2.36. The number of anilines is 1. The second kappa shape index (κ2) is 7.01. The zero-order valence-electron chi connectivity index (χ0n) is 13.3. The molecule has 3 rings (SSSR count). The number of hydrogen-bond acceptors (Lipinski definition) is 3. The summed E-state index contributed by atoms with van der Waals surface area (Å²) < 4.78 is 0. The summed E-state index contributed by atoms with van der Waals surface area (Å²) in [6.07, 6.45) is 2.49. The van der Waals surface area contributed by atoms with Gasteiger partial charge in [-0.3, -0.25) is 9.59 Å². The molecule has 1 aromatic heterocycles. The van der Waals surface area contributed by atoms with Crippen molar-refractivity contribution in [1.29, 1.82) is 0 Å². The van der Waals surface area contributed by atoms with E-state index in [0.29, 0.717) is 17.4 Å². The van der Waals surface area contributed by atoms with Crippen LogP contribution in [0.1, 0.15) is 30.5 Å². The molecule has 1 aliphatic rings. The summed E-state index contributed by atoms with van der Waals surface area (Å²) in [6, 6.07) is 11.0. The molecule has 0 radical (unpaired) electrons. The molecule has 2 amide bonds. The third kappa shape index (κ3) is 3.57. The first-order chi connectivity index (χ1) is 11.5. The Morgan fingerprint density at radius 1 is 1.29 bits per heavy atom. The van der Waals surface area contributed by atoms with Crippen LogP contribution in [0.15, 0.2) is 42.6 Å². The Morgan fingerprint density at radius 2 is 2.08 bits per heavy atom. The summed E-state index contributed by atoms with van der Waals surface area (Å²) in [5, 5.41) is 3.27. The van der Waals surface area contributed by atoms with Crippen LogP contribution < -0.4 is 5.32 Å². The van der Waals surface area contributed by atoms with E-state index in [2.05, 4.69) is 16.4 Å². The van der Waals surface area contributed by atoms with Gasteiger partial charge < -0.3 is 10.2 Å². The van der Waals surface area contributed by atoms with E-state index in [1.54, 1.807) is 24.0 Å². The molecule has 24 heavy (non-hydrogen) atoms. The van der Waals surface area contributed by atoms with E-state index in [1.165, 1.54) is 11.8 Å². The van der Waals surface area contributed by atoms with Crippen LogP contribution in [0.3, 0.4) is 0 Å². The van der Waals surface area contributed by atoms with Crippen molar-refractivity contribution in [3.8, 4) is 0 Å². The molecule has 1 atom stereocenters. The number of amides is 2. The molecular weight excluding hydrogens is 326 g/mol. The van der Waals surface area contributed by atoms with Gasteiger partial charge in [-0.05, 0) is 29.7 Å². The fraction of sp³-hybridized carbons (Fsp3) is 0.278. The van der Waals surface area contributed by atoms with Gasteiger partial charge in [0.15, 0.2) is 0 Å². The number of aromatic nitrogens is 1. The van der Waals surface area contributed by atoms with Gasteiger partial charge in [0.25, 0.3) is 0 Å². The lowest BCUT2D eigenvalue weighted by molar-refractivity contribution is -0.132. The maximum Gasteiger partial charge on any atom is 0.227 e. The van der Waals surface area contributed by atoms with E-state index in [9.17, 15) is 9.59 Å². The van der Waals surface area contributed by atoms with Crippen molar-refractivity contribution in [3.63, 3.8) is 0 Å². The molecule has 0 aliphatic carbocycles.